The van der Waals surface area contributed by atoms with Crippen LogP contribution in [0.5, 0.6) is 5.75 Å². The Balaban J connectivity index is 2.44. The minimum Gasteiger partial charge on any atom is -0.495 e. The van der Waals surface area contributed by atoms with Gasteiger partial charge >= 0.3 is 0 Å². The Morgan fingerprint density at radius 1 is 1.26 bits per heavy atom. The second-order valence-corrected chi connectivity index (χ2v) is 4.61. The molecule has 2 aromatic rings. The molecule has 98 valence electrons. The van der Waals surface area contributed by atoms with E-state index in [0.29, 0.717) is 15.9 Å². The van der Waals surface area contributed by atoms with Gasteiger partial charge in [-0.3, -0.25) is 10.1 Å². The Morgan fingerprint density at radius 2 is 1.95 bits per heavy atom. The number of para-hydroxylation sites is 1. The molecule has 0 heterocycles. The summed E-state index contributed by atoms with van der Waals surface area (Å²) in [6, 6.07) is 12.3. The van der Waals surface area contributed by atoms with Crippen molar-refractivity contribution < 1.29 is 9.66 Å². The van der Waals surface area contributed by atoms with Crippen molar-refractivity contribution in [2.45, 2.75) is 0 Å². The molecule has 5 nitrogen and oxygen atoms in total. The molecule has 6 heteroatoms. The van der Waals surface area contributed by atoms with Gasteiger partial charge < -0.3 is 10.1 Å². The lowest BCUT2D eigenvalue weighted by atomic mass is 10.2. The van der Waals surface area contributed by atoms with E-state index >= 15 is 0 Å². The average Bonchev–Trinajstić information content (AvgIpc) is 2.39. The Morgan fingerprint density at radius 3 is 2.53 bits per heavy atom. The third kappa shape index (κ3) is 3.03. The normalized spacial score (nSPS) is 10.0. The highest BCUT2D eigenvalue weighted by Crippen LogP contribution is 2.37. The molecule has 1 N–H and O–H groups in total. The van der Waals surface area contributed by atoms with Crippen LogP contribution in [-0.2, 0) is 0 Å². The molecule has 0 amide bonds. The molecule has 0 unspecified atom stereocenters. The van der Waals surface area contributed by atoms with Gasteiger partial charge in [0.15, 0.2) is 0 Å². The molecule has 0 saturated carbocycles. The monoisotopic (exact) mass is 322 g/mol. The van der Waals surface area contributed by atoms with Crippen LogP contribution in [0.15, 0.2) is 46.9 Å². The lowest BCUT2D eigenvalue weighted by molar-refractivity contribution is -0.384. The first-order valence-corrected chi connectivity index (χ1v) is 6.25. The summed E-state index contributed by atoms with van der Waals surface area (Å²) in [5.41, 5.74) is 1.15. The predicted octanol–water partition coefficient (Wildman–Crippen LogP) is 4.11. The minimum absolute atomic E-state index is 0.0381. The van der Waals surface area contributed by atoms with E-state index in [4.69, 9.17) is 4.74 Å². The Labute approximate surface area is 118 Å². The van der Waals surface area contributed by atoms with Crippen LogP contribution >= 0.6 is 15.9 Å². The summed E-state index contributed by atoms with van der Waals surface area (Å²) in [7, 11) is 1.47. The number of anilines is 2. The van der Waals surface area contributed by atoms with Crippen LogP contribution in [-0.4, -0.2) is 12.0 Å². The van der Waals surface area contributed by atoms with Crippen LogP contribution in [0.3, 0.4) is 0 Å². The summed E-state index contributed by atoms with van der Waals surface area (Å²) in [4.78, 5) is 10.6. The number of nitrogens with one attached hydrogen (secondary N) is 1. The van der Waals surface area contributed by atoms with Crippen molar-refractivity contribution in [1.82, 2.24) is 0 Å². The Kier molecular flexibility index (Phi) is 4.01. The number of rotatable bonds is 4. The number of ether oxygens (including phenoxy) is 1. The van der Waals surface area contributed by atoms with Crippen LogP contribution in [0.2, 0.25) is 0 Å². The van der Waals surface area contributed by atoms with Crippen molar-refractivity contribution >= 4 is 33.0 Å². The van der Waals surface area contributed by atoms with Gasteiger partial charge in [-0.1, -0.05) is 18.2 Å². The zero-order valence-corrected chi connectivity index (χ0v) is 11.7. The topological polar surface area (TPSA) is 64.4 Å². The maximum Gasteiger partial charge on any atom is 0.296 e. The van der Waals surface area contributed by atoms with Gasteiger partial charge in [0.05, 0.1) is 22.6 Å². The van der Waals surface area contributed by atoms with Crippen molar-refractivity contribution in [1.29, 1.82) is 0 Å². The summed E-state index contributed by atoms with van der Waals surface area (Å²) in [6.07, 6.45) is 0. The molecule has 0 aromatic heterocycles. The summed E-state index contributed by atoms with van der Waals surface area (Å²) in [6.45, 7) is 0. The number of nitrogens with zero attached hydrogens (tertiary/aromatic N) is 1. The standard InChI is InChI=1S/C13H11BrN2O3/c1-19-13-8-12(16(17)18)11(7-10(13)14)15-9-5-3-2-4-6-9/h2-8,15H,1H3. The van der Waals surface area contributed by atoms with E-state index in [1.54, 1.807) is 6.07 Å². The van der Waals surface area contributed by atoms with E-state index in [-0.39, 0.29) is 5.69 Å². The van der Waals surface area contributed by atoms with Gasteiger partial charge in [-0.15, -0.1) is 0 Å². The van der Waals surface area contributed by atoms with E-state index in [1.165, 1.54) is 13.2 Å². The molecule has 0 bridgehead atoms. The third-order valence-corrected chi connectivity index (χ3v) is 3.14. The molecular formula is C13H11BrN2O3. The van der Waals surface area contributed by atoms with Crippen LogP contribution in [0.4, 0.5) is 17.1 Å². The maximum atomic E-state index is 11.1. The molecule has 0 atom stereocenters. The van der Waals surface area contributed by atoms with Crippen molar-refractivity contribution in [3.05, 3.63) is 57.1 Å². The third-order valence-electron chi connectivity index (χ3n) is 2.52. The maximum absolute atomic E-state index is 11.1. The van der Waals surface area contributed by atoms with E-state index in [2.05, 4.69) is 21.2 Å². The smallest absolute Gasteiger partial charge is 0.296 e. The van der Waals surface area contributed by atoms with Gasteiger partial charge in [-0.25, -0.2) is 0 Å². The Bertz CT molecular complexity index is 602. The number of benzene rings is 2. The van der Waals surface area contributed by atoms with E-state index in [0.717, 1.165) is 5.69 Å². The number of nitro groups is 1. The van der Waals surface area contributed by atoms with Crippen LogP contribution < -0.4 is 10.1 Å². The van der Waals surface area contributed by atoms with E-state index in [9.17, 15) is 10.1 Å². The first-order valence-electron chi connectivity index (χ1n) is 5.46. The van der Waals surface area contributed by atoms with Crippen molar-refractivity contribution in [3.8, 4) is 5.75 Å². The highest BCUT2D eigenvalue weighted by Gasteiger charge is 2.18. The number of hydrogen-bond acceptors (Lipinski definition) is 4. The predicted molar refractivity (Wildman–Crippen MR) is 77.1 cm³/mol. The van der Waals surface area contributed by atoms with Gasteiger partial charge in [-0.2, -0.15) is 0 Å². The highest BCUT2D eigenvalue weighted by molar-refractivity contribution is 9.10. The number of methoxy groups -OCH3 is 1. The molecule has 0 aliphatic carbocycles. The SMILES string of the molecule is COc1cc([N+](=O)[O-])c(Nc2ccccc2)cc1Br. The van der Waals surface area contributed by atoms with Gasteiger partial charge in [0, 0.05) is 5.69 Å². The van der Waals surface area contributed by atoms with Gasteiger partial charge in [0.2, 0.25) is 0 Å². The van der Waals surface area contributed by atoms with Crippen LogP contribution in [0, 0.1) is 10.1 Å². The fraction of sp³-hybridized carbons (Fsp3) is 0.0769. The molecule has 0 radical (unpaired) electrons. The first kappa shape index (κ1) is 13.4. The molecule has 0 aliphatic heterocycles. The number of hydrogen-bond donors (Lipinski definition) is 1. The lowest BCUT2D eigenvalue weighted by Gasteiger charge is -2.10. The Hall–Kier alpha value is -2.08. The van der Waals surface area contributed by atoms with Crippen molar-refractivity contribution in [2.24, 2.45) is 0 Å². The van der Waals surface area contributed by atoms with E-state index < -0.39 is 4.92 Å². The summed E-state index contributed by atoms with van der Waals surface area (Å²) in [5.74, 6) is 0.422. The zero-order chi connectivity index (χ0) is 13.8. The molecule has 0 spiro atoms. The fourth-order valence-electron chi connectivity index (χ4n) is 1.63. The minimum atomic E-state index is -0.444. The summed E-state index contributed by atoms with van der Waals surface area (Å²) >= 11 is 3.32. The van der Waals surface area contributed by atoms with Gasteiger partial charge in [0.1, 0.15) is 11.4 Å². The number of halogens is 1. The zero-order valence-electron chi connectivity index (χ0n) is 10.1. The lowest BCUT2D eigenvalue weighted by Crippen LogP contribution is -1.98. The largest absolute Gasteiger partial charge is 0.495 e. The number of nitro benzene ring substituents is 1. The van der Waals surface area contributed by atoms with Crippen molar-refractivity contribution in [2.75, 3.05) is 12.4 Å². The molecule has 0 fully saturated rings. The van der Waals surface area contributed by atoms with E-state index in [1.807, 2.05) is 30.3 Å². The molecule has 0 aliphatic rings. The van der Waals surface area contributed by atoms with Crippen LogP contribution in [0.1, 0.15) is 0 Å². The summed E-state index contributed by atoms with van der Waals surface area (Å²) < 4.78 is 5.71. The molecule has 0 saturated heterocycles. The molecular weight excluding hydrogens is 312 g/mol. The molecule has 19 heavy (non-hydrogen) atoms. The molecule has 2 rings (SSSR count). The second-order valence-electron chi connectivity index (χ2n) is 3.75. The average molecular weight is 323 g/mol. The highest BCUT2D eigenvalue weighted by atomic mass is 79.9. The fourth-order valence-corrected chi connectivity index (χ4v) is 2.13. The molecule has 2 aromatic carbocycles. The van der Waals surface area contributed by atoms with Crippen LogP contribution in [0.25, 0.3) is 0 Å². The quantitative estimate of drug-likeness (QED) is 0.679. The first-order chi connectivity index (χ1) is 9.11. The van der Waals surface area contributed by atoms with Gasteiger partial charge in [0.25, 0.3) is 5.69 Å². The second kappa shape index (κ2) is 5.71. The summed E-state index contributed by atoms with van der Waals surface area (Å²) in [5, 5.41) is 14.1. The van der Waals surface area contributed by atoms with Gasteiger partial charge in [-0.05, 0) is 34.1 Å². The van der Waals surface area contributed by atoms with Crippen molar-refractivity contribution in [3.63, 3.8) is 0 Å².